The van der Waals surface area contributed by atoms with E-state index >= 15 is 0 Å². The molecule has 0 aliphatic heterocycles. The molecule has 2 nitrogen and oxygen atoms in total. The van der Waals surface area contributed by atoms with Crippen LogP contribution in [0.15, 0.2) is 34.7 Å². The van der Waals surface area contributed by atoms with Crippen LogP contribution in [0.1, 0.15) is 42.5 Å². The molecule has 1 fully saturated rings. The van der Waals surface area contributed by atoms with Crippen molar-refractivity contribution in [1.82, 2.24) is 0 Å². The lowest BCUT2D eigenvalue weighted by Crippen LogP contribution is -2.03. The molecular formula is C16H16F2O2. The molecule has 0 amide bonds. The second-order valence-corrected chi connectivity index (χ2v) is 5.52. The quantitative estimate of drug-likeness (QED) is 0.918. The summed E-state index contributed by atoms with van der Waals surface area (Å²) in [5, 5.41) is 10.1. The highest BCUT2D eigenvalue weighted by Gasteiger charge is 2.36. The van der Waals surface area contributed by atoms with Crippen molar-refractivity contribution in [3.8, 4) is 0 Å². The molecule has 1 heterocycles. The Balaban J connectivity index is 1.74. The monoisotopic (exact) mass is 278 g/mol. The van der Waals surface area contributed by atoms with Crippen LogP contribution in [0.2, 0.25) is 0 Å². The molecule has 1 N–H and O–H groups in total. The number of halogens is 2. The molecular weight excluding hydrogens is 262 g/mol. The van der Waals surface area contributed by atoms with E-state index in [1.807, 2.05) is 6.07 Å². The van der Waals surface area contributed by atoms with Gasteiger partial charge in [0.15, 0.2) is 0 Å². The van der Waals surface area contributed by atoms with Crippen molar-refractivity contribution >= 4 is 0 Å². The van der Waals surface area contributed by atoms with Crippen molar-refractivity contribution < 1.29 is 18.3 Å². The van der Waals surface area contributed by atoms with Crippen LogP contribution < -0.4 is 0 Å². The number of hydrogen-bond donors (Lipinski definition) is 1. The molecule has 0 bridgehead atoms. The number of rotatable bonds is 4. The second kappa shape index (κ2) is 5.02. The molecule has 0 spiro atoms. The fraction of sp³-hybridized carbons (Fsp3) is 0.375. The molecule has 1 aromatic carbocycles. The molecule has 3 atom stereocenters. The minimum atomic E-state index is -0.964. The summed E-state index contributed by atoms with van der Waals surface area (Å²) in [5.41, 5.74) is 0.148. The van der Waals surface area contributed by atoms with Gasteiger partial charge in [0.25, 0.3) is 0 Å². The summed E-state index contributed by atoms with van der Waals surface area (Å²) in [7, 11) is 0. The van der Waals surface area contributed by atoms with Crippen LogP contribution in [0, 0.1) is 17.6 Å². The predicted molar refractivity (Wildman–Crippen MR) is 70.3 cm³/mol. The fourth-order valence-electron chi connectivity index (χ4n) is 2.47. The van der Waals surface area contributed by atoms with Crippen LogP contribution in [0.3, 0.4) is 0 Å². The number of aliphatic hydroxyl groups is 1. The molecule has 1 saturated carbocycles. The summed E-state index contributed by atoms with van der Waals surface area (Å²) in [6, 6.07) is 6.80. The van der Waals surface area contributed by atoms with Crippen molar-refractivity contribution in [1.29, 1.82) is 0 Å². The summed E-state index contributed by atoms with van der Waals surface area (Å²) in [4.78, 5) is 0. The first-order chi connectivity index (χ1) is 9.54. The van der Waals surface area contributed by atoms with Crippen LogP contribution in [0.5, 0.6) is 0 Å². The van der Waals surface area contributed by atoms with Gasteiger partial charge >= 0.3 is 0 Å². The van der Waals surface area contributed by atoms with E-state index in [-0.39, 0.29) is 12.0 Å². The first kappa shape index (κ1) is 13.3. The lowest BCUT2D eigenvalue weighted by molar-refractivity contribution is 0.147. The smallest absolute Gasteiger partial charge is 0.133 e. The third kappa shape index (κ3) is 2.61. The van der Waals surface area contributed by atoms with Gasteiger partial charge in [-0.25, -0.2) is 8.78 Å². The van der Waals surface area contributed by atoms with Crippen LogP contribution in [0.4, 0.5) is 8.78 Å². The largest absolute Gasteiger partial charge is 0.463 e. The molecule has 3 unspecified atom stereocenters. The van der Waals surface area contributed by atoms with Gasteiger partial charge in [-0.15, -0.1) is 0 Å². The Labute approximate surface area is 116 Å². The zero-order chi connectivity index (χ0) is 14.3. The molecule has 3 rings (SSSR count). The van der Waals surface area contributed by atoms with E-state index in [4.69, 9.17) is 4.42 Å². The Hall–Kier alpha value is -1.68. The molecule has 106 valence electrons. The molecule has 20 heavy (non-hydrogen) atoms. The summed E-state index contributed by atoms with van der Waals surface area (Å²) in [6.45, 7) is 2.14. The molecule has 1 aromatic heterocycles. The van der Waals surface area contributed by atoms with Gasteiger partial charge in [0.1, 0.15) is 29.3 Å². The third-order valence-corrected chi connectivity index (χ3v) is 3.87. The number of hydrogen-bond acceptors (Lipinski definition) is 2. The summed E-state index contributed by atoms with van der Waals surface area (Å²) < 4.78 is 32.2. The Morgan fingerprint density at radius 3 is 2.75 bits per heavy atom. The highest BCUT2D eigenvalue weighted by Crippen LogP contribution is 2.47. The molecule has 1 aliphatic rings. The molecule has 0 radical (unpaired) electrons. The van der Waals surface area contributed by atoms with Crippen molar-refractivity contribution in [3.05, 3.63) is 59.1 Å². The molecule has 0 saturated heterocycles. The van der Waals surface area contributed by atoms with Crippen LogP contribution in [-0.4, -0.2) is 5.11 Å². The maximum absolute atomic E-state index is 13.5. The Morgan fingerprint density at radius 2 is 2.05 bits per heavy atom. The van der Waals surface area contributed by atoms with E-state index < -0.39 is 17.7 Å². The third-order valence-electron chi connectivity index (χ3n) is 3.87. The highest BCUT2D eigenvalue weighted by molar-refractivity contribution is 5.23. The van der Waals surface area contributed by atoms with Gasteiger partial charge in [0.2, 0.25) is 0 Å². The van der Waals surface area contributed by atoms with E-state index in [0.717, 1.165) is 30.4 Å². The van der Waals surface area contributed by atoms with E-state index in [2.05, 4.69) is 6.92 Å². The fourth-order valence-corrected chi connectivity index (χ4v) is 2.47. The normalized spacial score (nSPS) is 22.8. The lowest BCUT2D eigenvalue weighted by Gasteiger charge is -2.09. The van der Waals surface area contributed by atoms with Crippen molar-refractivity contribution in [2.45, 2.75) is 31.8 Å². The minimum absolute atomic E-state index is 0.00321. The van der Waals surface area contributed by atoms with Crippen molar-refractivity contribution in [2.75, 3.05) is 0 Å². The summed E-state index contributed by atoms with van der Waals surface area (Å²) >= 11 is 0. The Morgan fingerprint density at radius 1 is 1.30 bits per heavy atom. The van der Waals surface area contributed by atoms with E-state index in [1.165, 1.54) is 0 Å². The lowest BCUT2D eigenvalue weighted by atomic mass is 10.1. The Kier molecular flexibility index (Phi) is 3.34. The average Bonchev–Trinajstić information content (AvgIpc) is 2.95. The Bertz CT molecular complexity index is 621. The zero-order valence-corrected chi connectivity index (χ0v) is 11.1. The van der Waals surface area contributed by atoms with E-state index in [1.54, 1.807) is 6.07 Å². The van der Waals surface area contributed by atoms with Crippen molar-refractivity contribution in [2.24, 2.45) is 5.92 Å². The van der Waals surface area contributed by atoms with Gasteiger partial charge in [-0.3, -0.25) is 0 Å². The SMILES string of the molecule is CC1CC1c1ccc(C(O)Cc2cc(F)ccc2F)o1. The van der Waals surface area contributed by atoms with Gasteiger partial charge in [-0.2, -0.15) is 0 Å². The van der Waals surface area contributed by atoms with Crippen LogP contribution in [0.25, 0.3) is 0 Å². The maximum Gasteiger partial charge on any atom is 0.133 e. The van der Waals surface area contributed by atoms with Gasteiger partial charge in [0.05, 0.1) is 0 Å². The van der Waals surface area contributed by atoms with Gasteiger partial charge in [0, 0.05) is 12.3 Å². The highest BCUT2D eigenvalue weighted by atomic mass is 19.1. The summed E-state index contributed by atoms with van der Waals surface area (Å²) in [6.07, 6.45) is 0.132. The zero-order valence-electron chi connectivity index (χ0n) is 11.1. The average molecular weight is 278 g/mol. The number of furan rings is 1. The van der Waals surface area contributed by atoms with Gasteiger partial charge < -0.3 is 9.52 Å². The molecule has 1 aliphatic carbocycles. The van der Waals surface area contributed by atoms with E-state index in [9.17, 15) is 13.9 Å². The number of benzene rings is 1. The molecule has 2 aromatic rings. The summed E-state index contributed by atoms with van der Waals surface area (Å²) in [5.74, 6) is 1.29. The van der Waals surface area contributed by atoms with Crippen LogP contribution in [-0.2, 0) is 6.42 Å². The standard InChI is InChI=1S/C16H16F2O2/c1-9-6-12(9)15-4-5-16(20-15)14(19)8-10-7-11(17)2-3-13(10)18/h2-5,7,9,12,14,19H,6,8H2,1H3. The van der Waals surface area contributed by atoms with Crippen LogP contribution >= 0.6 is 0 Å². The van der Waals surface area contributed by atoms with E-state index in [0.29, 0.717) is 17.6 Å². The number of aliphatic hydroxyl groups excluding tert-OH is 1. The van der Waals surface area contributed by atoms with Gasteiger partial charge in [-0.1, -0.05) is 6.92 Å². The maximum atomic E-state index is 13.5. The first-order valence-electron chi connectivity index (χ1n) is 6.76. The topological polar surface area (TPSA) is 33.4 Å². The van der Waals surface area contributed by atoms with Gasteiger partial charge in [-0.05, 0) is 48.2 Å². The molecule has 4 heteroatoms. The minimum Gasteiger partial charge on any atom is -0.463 e. The predicted octanol–water partition coefficient (Wildman–Crippen LogP) is 3.96. The van der Waals surface area contributed by atoms with Crippen molar-refractivity contribution in [3.63, 3.8) is 0 Å². The first-order valence-corrected chi connectivity index (χ1v) is 6.76. The second-order valence-electron chi connectivity index (χ2n) is 5.52.